The first-order valence-electron chi connectivity index (χ1n) is 7.29. The van der Waals surface area contributed by atoms with E-state index in [2.05, 4.69) is 10.6 Å². The van der Waals surface area contributed by atoms with E-state index in [1.165, 1.54) is 4.31 Å². The summed E-state index contributed by atoms with van der Waals surface area (Å²) < 4.78 is 25.4. The molecular formula is C15H23N3O3S. The number of carbonyl (C=O) groups excluding carboxylic acids is 1. The molecule has 1 heterocycles. The van der Waals surface area contributed by atoms with Crippen LogP contribution in [0.5, 0.6) is 0 Å². The molecule has 2 amide bonds. The molecule has 1 aromatic carbocycles. The van der Waals surface area contributed by atoms with Gasteiger partial charge in [-0.1, -0.05) is 6.07 Å². The zero-order valence-corrected chi connectivity index (χ0v) is 14.3. The van der Waals surface area contributed by atoms with Crippen molar-refractivity contribution in [2.45, 2.75) is 39.7 Å². The lowest BCUT2D eigenvalue weighted by Crippen LogP contribution is -2.43. The molecule has 1 aliphatic heterocycles. The van der Waals surface area contributed by atoms with Crippen molar-refractivity contribution in [2.75, 3.05) is 21.9 Å². The molecule has 1 saturated heterocycles. The molecule has 0 aromatic heterocycles. The van der Waals surface area contributed by atoms with E-state index in [1.807, 2.05) is 33.8 Å². The number of aryl methyl sites for hydroxylation is 1. The van der Waals surface area contributed by atoms with E-state index in [0.717, 1.165) is 5.56 Å². The molecule has 1 fully saturated rings. The number of benzene rings is 1. The highest BCUT2D eigenvalue weighted by atomic mass is 32.2. The number of nitrogens with one attached hydrogen (secondary N) is 2. The fourth-order valence-electron chi connectivity index (χ4n) is 2.32. The predicted molar refractivity (Wildman–Crippen MR) is 88.8 cm³/mol. The monoisotopic (exact) mass is 325 g/mol. The second kappa shape index (κ2) is 5.79. The Morgan fingerprint density at radius 2 is 1.95 bits per heavy atom. The van der Waals surface area contributed by atoms with Crippen molar-refractivity contribution < 1.29 is 13.2 Å². The molecule has 2 N–H and O–H groups in total. The van der Waals surface area contributed by atoms with Gasteiger partial charge in [0.2, 0.25) is 10.0 Å². The minimum atomic E-state index is -3.22. The van der Waals surface area contributed by atoms with Crippen LogP contribution in [0.15, 0.2) is 18.2 Å². The fraction of sp³-hybridized carbons (Fsp3) is 0.533. The predicted octanol–water partition coefficient (Wildman–Crippen LogP) is 2.45. The maximum atomic E-state index is 12.0. The standard InChI is InChI=1S/C15H23N3O3S/c1-11-6-7-12(18-8-5-9-22(18,20)21)10-13(11)16-14(19)17-15(2,3)4/h6-7,10H,5,8-9H2,1-4H3,(H2,16,17,19). The van der Waals surface area contributed by atoms with E-state index >= 15 is 0 Å². The molecule has 1 aromatic rings. The van der Waals surface area contributed by atoms with Crippen LogP contribution in [0, 0.1) is 6.92 Å². The van der Waals surface area contributed by atoms with E-state index in [0.29, 0.717) is 24.3 Å². The van der Waals surface area contributed by atoms with Crippen molar-refractivity contribution in [3.8, 4) is 0 Å². The van der Waals surface area contributed by atoms with Gasteiger partial charge < -0.3 is 10.6 Å². The first kappa shape index (κ1) is 16.6. The fourth-order valence-corrected chi connectivity index (χ4v) is 3.88. The first-order valence-corrected chi connectivity index (χ1v) is 8.90. The Balaban J connectivity index is 2.23. The second-order valence-corrected chi connectivity index (χ2v) is 8.58. The summed E-state index contributed by atoms with van der Waals surface area (Å²) in [5.41, 5.74) is 1.74. The summed E-state index contributed by atoms with van der Waals surface area (Å²) in [7, 11) is -3.22. The molecular weight excluding hydrogens is 302 g/mol. The minimum absolute atomic E-state index is 0.175. The summed E-state index contributed by atoms with van der Waals surface area (Å²) in [6.45, 7) is 8.04. The minimum Gasteiger partial charge on any atom is -0.333 e. The number of hydrogen-bond donors (Lipinski definition) is 2. The highest BCUT2D eigenvalue weighted by Crippen LogP contribution is 2.28. The molecule has 22 heavy (non-hydrogen) atoms. The molecule has 7 heteroatoms. The van der Waals surface area contributed by atoms with Gasteiger partial charge in [-0.2, -0.15) is 0 Å². The van der Waals surface area contributed by atoms with Gasteiger partial charge in [-0.25, -0.2) is 13.2 Å². The van der Waals surface area contributed by atoms with Crippen molar-refractivity contribution >= 4 is 27.4 Å². The summed E-state index contributed by atoms with van der Waals surface area (Å²) in [5, 5.41) is 5.60. The van der Waals surface area contributed by atoms with Gasteiger partial charge in [-0.3, -0.25) is 4.31 Å². The molecule has 2 rings (SSSR count). The Bertz CT molecular complexity index is 678. The number of nitrogens with zero attached hydrogens (tertiary/aromatic N) is 1. The highest BCUT2D eigenvalue weighted by Gasteiger charge is 2.28. The summed E-state index contributed by atoms with van der Waals surface area (Å²) in [6.07, 6.45) is 0.628. The van der Waals surface area contributed by atoms with Crippen molar-refractivity contribution in [2.24, 2.45) is 0 Å². The molecule has 0 bridgehead atoms. The maximum Gasteiger partial charge on any atom is 0.319 e. The van der Waals surface area contributed by atoms with Crippen LogP contribution >= 0.6 is 0 Å². The quantitative estimate of drug-likeness (QED) is 0.876. The molecule has 0 saturated carbocycles. The van der Waals surface area contributed by atoms with Gasteiger partial charge in [0.05, 0.1) is 11.4 Å². The van der Waals surface area contributed by atoms with E-state index < -0.39 is 10.0 Å². The Morgan fingerprint density at radius 3 is 2.50 bits per heavy atom. The topological polar surface area (TPSA) is 78.5 Å². The van der Waals surface area contributed by atoms with E-state index in [4.69, 9.17) is 0 Å². The van der Waals surface area contributed by atoms with Gasteiger partial charge in [0.25, 0.3) is 0 Å². The molecule has 0 aliphatic carbocycles. The Kier molecular flexibility index (Phi) is 4.37. The molecule has 0 radical (unpaired) electrons. The molecule has 122 valence electrons. The highest BCUT2D eigenvalue weighted by molar-refractivity contribution is 7.93. The summed E-state index contributed by atoms with van der Waals surface area (Å²) in [4.78, 5) is 12.0. The summed E-state index contributed by atoms with van der Waals surface area (Å²) in [6, 6.07) is 4.98. The number of rotatable bonds is 2. The van der Waals surface area contributed by atoms with Crippen LogP contribution in [0.25, 0.3) is 0 Å². The second-order valence-electron chi connectivity index (χ2n) is 6.57. The van der Waals surface area contributed by atoms with Crippen LogP contribution in [0.1, 0.15) is 32.8 Å². The average molecular weight is 325 g/mol. The largest absolute Gasteiger partial charge is 0.333 e. The number of sulfonamides is 1. The van der Waals surface area contributed by atoms with Gasteiger partial charge in [-0.05, 0) is 51.8 Å². The van der Waals surface area contributed by atoms with E-state index in [9.17, 15) is 13.2 Å². The van der Waals surface area contributed by atoms with E-state index in [1.54, 1.807) is 12.1 Å². The smallest absolute Gasteiger partial charge is 0.319 e. The molecule has 0 atom stereocenters. The maximum absolute atomic E-state index is 12.0. The number of carbonyl (C=O) groups is 1. The normalized spacial score (nSPS) is 17.4. The van der Waals surface area contributed by atoms with E-state index in [-0.39, 0.29) is 17.3 Å². The van der Waals surface area contributed by atoms with Crippen molar-refractivity contribution in [1.82, 2.24) is 5.32 Å². The van der Waals surface area contributed by atoms with Crippen molar-refractivity contribution in [3.63, 3.8) is 0 Å². The lowest BCUT2D eigenvalue weighted by molar-refractivity contribution is 0.244. The van der Waals surface area contributed by atoms with Crippen LogP contribution < -0.4 is 14.9 Å². The number of anilines is 2. The molecule has 0 spiro atoms. The van der Waals surface area contributed by atoms with Gasteiger partial charge in [0.1, 0.15) is 0 Å². The third-order valence-electron chi connectivity index (χ3n) is 3.35. The first-order chi connectivity index (χ1) is 10.1. The third kappa shape index (κ3) is 3.91. The van der Waals surface area contributed by atoms with Crippen LogP contribution in [-0.2, 0) is 10.0 Å². The zero-order chi connectivity index (χ0) is 16.5. The zero-order valence-electron chi connectivity index (χ0n) is 13.4. The summed E-state index contributed by atoms with van der Waals surface area (Å²) >= 11 is 0. The lowest BCUT2D eigenvalue weighted by Gasteiger charge is -2.22. The van der Waals surface area contributed by atoms with Crippen LogP contribution in [0.2, 0.25) is 0 Å². The van der Waals surface area contributed by atoms with Crippen LogP contribution in [-0.4, -0.2) is 32.3 Å². The van der Waals surface area contributed by atoms with Gasteiger partial charge in [0, 0.05) is 17.8 Å². The summed E-state index contributed by atoms with van der Waals surface area (Å²) in [5.74, 6) is 0.175. The van der Waals surface area contributed by atoms with Crippen molar-refractivity contribution in [3.05, 3.63) is 23.8 Å². The van der Waals surface area contributed by atoms with Gasteiger partial charge in [-0.15, -0.1) is 0 Å². The molecule has 1 aliphatic rings. The Hall–Kier alpha value is -1.76. The Morgan fingerprint density at radius 1 is 1.27 bits per heavy atom. The molecule has 6 nitrogen and oxygen atoms in total. The number of hydrogen-bond acceptors (Lipinski definition) is 3. The number of amides is 2. The lowest BCUT2D eigenvalue weighted by atomic mass is 10.1. The van der Waals surface area contributed by atoms with Gasteiger partial charge >= 0.3 is 6.03 Å². The van der Waals surface area contributed by atoms with Crippen LogP contribution in [0.3, 0.4) is 0 Å². The van der Waals surface area contributed by atoms with Crippen LogP contribution in [0.4, 0.5) is 16.2 Å². The SMILES string of the molecule is Cc1ccc(N2CCCS2(=O)=O)cc1NC(=O)NC(C)(C)C. The average Bonchev–Trinajstić information content (AvgIpc) is 2.69. The molecule has 0 unspecified atom stereocenters. The Labute approximate surface area is 131 Å². The van der Waals surface area contributed by atoms with Gasteiger partial charge in [0.15, 0.2) is 0 Å². The third-order valence-corrected chi connectivity index (χ3v) is 5.21. The van der Waals surface area contributed by atoms with Crippen molar-refractivity contribution in [1.29, 1.82) is 0 Å². The number of urea groups is 1.